The predicted molar refractivity (Wildman–Crippen MR) is 127 cm³/mol. The van der Waals surface area contributed by atoms with Crippen LogP contribution in [0.15, 0.2) is 71.3 Å². The number of rotatable bonds is 6. The number of phenolic OH excluding ortho intramolecular Hbond substituents is 2. The van der Waals surface area contributed by atoms with E-state index in [0.717, 1.165) is 5.56 Å². The molecule has 0 saturated carbocycles. The Labute approximate surface area is 190 Å². The largest absolute Gasteiger partial charge is 0.507 e. The summed E-state index contributed by atoms with van der Waals surface area (Å²) in [5.41, 5.74) is 3.29. The summed E-state index contributed by atoms with van der Waals surface area (Å²) in [4.78, 5) is 11.7. The van der Waals surface area contributed by atoms with Crippen molar-refractivity contribution in [1.82, 2.24) is 5.16 Å². The third kappa shape index (κ3) is 4.72. The number of phenols is 2. The van der Waals surface area contributed by atoms with Gasteiger partial charge in [-0.15, -0.1) is 0 Å². The standard InChI is InChI=1S/C26H22N2O5/c1-16(29)27-26-24(18-10-12-20(32-2)13-11-18)25(28-33-26)21-14-19(22(30)15-23(21)31)9-8-17-6-4-3-5-7-17/h3-15,30-31H,1-2H3,(H,27,29)/b9-8+. The van der Waals surface area contributed by atoms with Crippen molar-refractivity contribution in [3.63, 3.8) is 0 Å². The minimum atomic E-state index is -0.325. The average molecular weight is 442 g/mol. The minimum Gasteiger partial charge on any atom is -0.507 e. The summed E-state index contributed by atoms with van der Waals surface area (Å²) in [5, 5.41) is 27.8. The molecule has 4 rings (SSSR count). The van der Waals surface area contributed by atoms with Gasteiger partial charge >= 0.3 is 0 Å². The van der Waals surface area contributed by atoms with E-state index >= 15 is 0 Å². The van der Waals surface area contributed by atoms with Gasteiger partial charge in [0.25, 0.3) is 0 Å². The van der Waals surface area contributed by atoms with E-state index in [1.165, 1.54) is 13.0 Å². The first kappa shape index (κ1) is 21.7. The number of ether oxygens (including phenoxy) is 1. The SMILES string of the molecule is COc1ccc(-c2c(-c3cc(/C=C/c4ccccc4)c(O)cc3O)noc2NC(C)=O)cc1. The molecule has 7 nitrogen and oxygen atoms in total. The Hall–Kier alpha value is -4.52. The Bertz CT molecular complexity index is 1310. The van der Waals surface area contributed by atoms with Gasteiger partial charge in [0.05, 0.1) is 12.7 Å². The first-order valence-corrected chi connectivity index (χ1v) is 10.2. The van der Waals surface area contributed by atoms with Crippen LogP contribution in [0.5, 0.6) is 17.2 Å². The van der Waals surface area contributed by atoms with Crippen molar-refractivity contribution in [2.75, 3.05) is 12.4 Å². The minimum absolute atomic E-state index is 0.0833. The lowest BCUT2D eigenvalue weighted by Gasteiger charge is -2.09. The number of hydrogen-bond acceptors (Lipinski definition) is 6. The molecule has 0 atom stereocenters. The van der Waals surface area contributed by atoms with E-state index < -0.39 is 0 Å². The fourth-order valence-corrected chi connectivity index (χ4v) is 3.41. The van der Waals surface area contributed by atoms with Gasteiger partial charge in [-0.2, -0.15) is 0 Å². The zero-order valence-electron chi connectivity index (χ0n) is 18.1. The molecule has 3 N–H and O–H groups in total. The molecule has 33 heavy (non-hydrogen) atoms. The number of amides is 1. The molecule has 0 saturated heterocycles. The lowest BCUT2D eigenvalue weighted by atomic mass is 9.98. The van der Waals surface area contributed by atoms with Crippen LogP contribution in [0.2, 0.25) is 0 Å². The van der Waals surface area contributed by atoms with Crippen molar-refractivity contribution in [2.24, 2.45) is 0 Å². The highest BCUT2D eigenvalue weighted by atomic mass is 16.5. The number of benzene rings is 3. The summed E-state index contributed by atoms with van der Waals surface area (Å²) in [6.07, 6.45) is 3.60. The molecule has 0 bridgehead atoms. The monoisotopic (exact) mass is 442 g/mol. The van der Waals surface area contributed by atoms with Crippen molar-refractivity contribution in [3.8, 4) is 39.6 Å². The molecule has 1 amide bonds. The molecule has 7 heteroatoms. The van der Waals surface area contributed by atoms with Crippen LogP contribution in [-0.4, -0.2) is 28.4 Å². The van der Waals surface area contributed by atoms with Gasteiger partial charge in [0.2, 0.25) is 11.8 Å². The number of nitrogens with zero attached hydrogens (tertiary/aromatic N) is 1. The van der Waals surface area contributed by atoms with Crippen LogP contribution in [0, 0.1) is 0 Å². The first-order chi connectivity index (χ1) is 16.0. The molecule has 0 aliphatic rings. The van der Waals surface area contributed by atoms with Crippen molar-refractivity contribution in [1.29, 1.82) is 0 Å². The van der Waals surface area contributed by atoms with E-state index in [1.54, 1.807) is 43.5 Å². The number of aromatic nitrogens is 1. The quantitative estimate of drug-likeness (QED) is 0.338. The summed E-state index contributed by atoms with van der Waals surface area (Å²) in [5.74, 6) is 0.228. The topological polar surface area (TPSA) is 105 Å². The van der Waals surface area contributed by atoms with Crippen LogP contribution in [-0.2, 0) is 4.79 Å². The fraction of sp³-hybridized carbons (Fsp3) is 0.0769. The number of carbonyl (C=O) groups excluding carboxylic acids is 1. The maximum Gasteiger partial charge on any atom is 0.239 e. The zero-order chi connectivity index (χ0) is 23.4. The number of nitrogens with one attached hydrogen (secondary N) is 1. The highest BCUT2D eigenvalue weighted by Crippen LogP contribution is 2.43. The third-order valence-corrected chi connectivity index (χ3v) is 5.02. The van der Waals surface area contributed by atoms with Crippen molar-refractivity contribution in [3.05, 3.63) is 77.9 Å². The van der Waals surface area contributed by atoms with Crippen molar-refractivity contribution < 1.29 is 24.3 Å². The molecule has 166 valence electrons. The predicted octanol–water partition coefficient (Wildman–Crippen LogP) is 5.56. The number of aromatic hydroxyl groups is 2. The Kier molecular flexibility index (Phi) is 6.13. The molecule has 0 fully saturated rings. The molecule has 0 aliphatic carbocycles. The summed E-state index contributed by atoms with van der Waals surface area (Å²) >= 11 is 0. The molecule has 0 unspecified atom stereocenters. The molecule has 3 aromatic carbocycles. The normalized spacial score (nSPS) is 11.0. The smallest absolute Gasteiger partial charge is 0.239 e. The number of carbonyl (C=O) groups is 1. The highest BCUT2D eigenvalue weighted by molar-refractivity contribution is 5.97. The van der Waals surface area contributed by atoms with Crippen molar-refractivity contribution >= 4 is 23.9 Å². The maximum absolute atomic E-state index is 11.7. The van der Waals surface area contributed by atoms with Crippen LogP contribution < -0.4 is 10.1 Å². The van der Waals surface area contributed by atoms with Crippen LogP contribution in [0.4, 0.5) is 5.88 Å². The Morgan fingerprint density at radius 1 is 1.00 bits per heavy atom. The second-order valence-electron chi connectivity index (χ2n) is 7.32. The molecular formula is C26H22N2O5. The van der Waals surface area contributed by atoms with Gasteiger partial charge in [-0.25, -0.2) is 0 Å². The zero-order valence-corrected chi connectivity index (χ0v) is 18.1. The van der Waals surface area contributed by atoms with Crippen LogP contribution in [0.3, 0.4) is 0 Å². The second kappa shape index (κ2) is 9.32. The molecule has 1 heterocycles. The highest BCUT2D eigenvalue weighted by Gasteiger charge is 2.23. The maximum atomic E-state index is 11.7. The van der Waals surface area contributed by atoms with E-state index in [2.05, 4.69) is 10.5 Å². The number of methoxy groups -OCH3 is 1. The van der Waals surface area contributed by atoms with E-state index in [9.17, 15) is 15.0 Å². The lowest BCUT2D eigenvalue weighted by Crippen LogP contribution is -2.05. The molecule has 0 aliphatic heterocycles. The lowest BCUT2D eigenvalue weighted by molar-refractivity contribution is -0.114. The van der Waals surface area contributed by atoms with Gasteiger partial charge in [0.1, 0.15) is 22.9 Å². The van der Waals surface area contributed by atoms with Crippen LogP contribution >= 0.6 is 0 Å². The number of anilines is 1. The Morgan fingerprint density at radius 3 is 2.39 bits per heavy atom. The molecule has 0 spiro atoms. The Balaban J connectivity index is 1.83. The second-order valence-corrected chi connectivity index (χ2v) is 7.32. The number of hydrogen-bond donors (Lipinski definition) is 3. The molecular weight excluding hydrogens is 420 g/mol. The van der Waals surface area contributed by atoms with Gasteiger partial charge in [0, 0.05) is 24.1 Å². The van der Waals surface area contributed by atoms with Crippen molar-refractivity contribution in [2.45, 2.75) is 6.92 Å². The van der Waals surface area contributed by atoms with Crippen LogP contribution in [0.25, 0.3) is 34.5 Å². The molecule has 0 radical (unpaired) electrons. The average Bonchev–Trinajstić information content (AvgIpc) is 3.21. The summed E-state index contributed by atoms with van der Waals surface area (Å²) < 4.78 is 10.6. The Morgan fingerprint density at radius 2 is 1.73 bits per heavy atom. The van der Waals surface area contributed by atoms with Gasteiger partial charge in [0.15, 0.2) is 0 Å². The third-order valence-electron chi connectivity index (χ3n) is 5.02. The first-order valence-electron chi connectivity index (χ1n) is 10.2. The van der Waals surface area contributed by atoms with E-state index in [1.807, 2.05) is 36.4 Å². The van der Waals surface area contributed by atoms with Gasteiger partial charge < -0.3 is 19.5 Å². The van der Waals surface area contributed by atoms with E-state index in [-0.39, 0.29) is 23.3 Å². The fourth-order valence-electron chi connectivity index (χ4n) is 3.41. The molecule has 1 aromatic heterocycles. The van der Waals surface area contributed by atoms with E-state index in [4.69, 9.17) is 9.26 Å². The van der Waals surface area contributed by atoms with Crippen LogP contribution in [0.1, 0.15) is 18.1 Å². The van der Waals surface area contributed by atoms with Gasteiger partial charge in [-0.05, 0) is 29.3 Å². The van der Waals surface area contributed by atoms with Gasteiger partial charge in [-0.3, -0.25) is 10.1 Å². The molecule has 4 aromatic rings. The summed E-state index contributed by atoms with van der Waals surface area (Å²) in [7, 11) is 1.57. The summed E-state index contributed by atoms with van der Waals surface area (Å²) in [6, 6.07) is 19.7. The van der Waals surface area contributed by atoms with E-state index in [0.29, 0.717) is 33.7 Å². The van der Waals surface area contributed by atoms with Gasteiger partial charge in [-0.1, -0.05) is 59.8 Å². The summed E-state index contributed by atoms with van der Waals surface area (Å²) in [6.45, 7) is 1.37.